The second-order valence-corrected chi connectivity index (χ2v) is 4.39. The summed E-state index contributed by atoms with van der Waals surface area (Å²) in [4.78, 5) is 0. The lowest BCUT2D eigenvalue weighted by atomic mass is 10.2. The van der Waals surface area contributed by atoms with E-state index in [4.69, 9.17) is 32.7 Å². The molecule has 1 aliphatic rings. The van der Waals surface area contributed by atoms with Crippen molar-refractivity contribution in [2.75, 3.05) is 13.2 Å². The van der Waals surface area contributed by atoms with Crippen molar-refractivity contribution in [1.82, 2.24) is 0 Å². The number of halogens is 2. The fraction of sp³-hybridized carbons (Fsp3) is 0.400. The molecule has 1 heterocycles. The molecule has 2 nitrogen and oxygen atoms in total. The summed E-state index contributed by atoms with van der Waals surface area (Å²) >= 11 is 11.9. The van der Waals surface area contributed by atoms with Crippen LogP contribution in [0.25, 0.3) is 0 Å². The third-order valence-electron chi connectivity index (χ3n) is 2.08. The van der Waals surface area contributed by atoms with Crippen LogP contribution in [0.3, 0.4) is 0 Å². The molecule has 1 aromatic carbocycles. The Hall–Kier alpha value is -0.440. The Bertz CT molecular complexity index is 328. The van der Waals surface area contributed by atoms with E-state index in [1.165, 1.54) is 0 Å². The molecule has 4 heteroatoms. The number of hydrogen-bond donors (Lipinski definition) is 0. The van der Waals surface area contributed by atoms with Crippen LogP contribution in [0.4, 0.5) is 0 Å². The molecule has 76 valence electrons. The van der Waals surface area contributed by atoms with E-state index in [1.54, 1.807) is 18.2 Å². The molecule has 14 heavy (non-hydrogen) atoms. The van der Waals surface area contributed by atoms with Crippen LogP contribution in [-0.4, -0.2) is 18.8 Å². The molecule has 1 atom stereocenters. The maximum atomic E-state index is 5.93. The lowest BCUT2D eigenvalue weighted by Crippen LogP contribution is -2.17. The van der Waals surface area contributed by atoms with Gasteiger partial charge in [-0.3, -0.25) is 0 Å². The van der Waals surface area contributed by atoms with Gasteiger partial charge >= 0.3 is 0 Å². The molecule has 0 bridgehead atoms. The SMILES string of the molecule is CC1(COc2c(Cl)cccc2Cl)CO1. The molecule has 0 saturated carbocycles. The van der Waals surface area contributed by atoms with Crippen LogP contribution < -0.4 is 4.74 Å². The molecular weight excluding hydrogens is 223 g/mol. The summed E-state index contributed by atoms with van der Waals surface area (Å²) in [6.45, 7) is 3.20. The molecule has 2 rings (SSSR count). The van der Waals surface area contributed by atoms with Gasteiger partial charge in [0, 0.05) is 0 Å². The summed E-state index contributed by atoms with van der Waals surface area (Å²) in [5, 5.41) is 1.06. The number of para-hydroxylation sites is 1. The van der Waals surface area contributed by atoms with E-state index in [0.29, 0.717) is 22.4 Å². The van der Waals surface area contributed by atoms with Gasteiger partial charge in [0.1, 0.15) is 12.2 Å². The van der Waals surface area contributed by atoms with Crippen LogP contribution in [0, 0.1) is 0 Å². The molecule has 1 unspecified atom stereocenters. The highest BCUT2D eigenvalue weighted by atomic mass is 35.5. The number of benzene rings is 1. The smallest absolute Gasteiger partial charge is 0.156 e. The largest absolute Gasteiger partial charge is 0.487 e. The first kappa shape index (κ1) is 10.1. The second kappa shape index (κ2) is 3.61. The molecule has 0 aromatic heterocycles. The molecule has 1 aliphatic heterocycles. The summed E-state index contributed by atoms with van der Waals surface area (Å²) in [6, 6.07) is 5.28. The third-order valence-corrected chi connectivity index (χ3v) is 2.67. The topological polar surface area (TPSA) is 21.8 Å². The first-order valence-electron chi connectivity index (χ1n) is 4.31. The summed E-state index contributed by atoms with van der Waals surface area (Å²) in [6.07, 6.45) is 0. The van der Waals surface area contributed by atoms with Gasteiger partial charge in [-0.1, -0.05) is 29.3 Å². The first-order chi connectivity index (χ1) is 6.61. The predicted octanol–water partition coefficient (Wildman–Crippen LogP) is 3.16. The maximum absolute atomic E-state index is 5.93. The van der Waals surface area contributed by atoms with E-state index in [-0.39, 0.29) is 5.60 Å². The Balaban J connectivity index is 2.08. The van der Waals surface area contributed by atoms with Gasteiger partial charge in [-0.05, 0) is 19.1 Å². The van der Waals surface area contributed by atoms with E-state index >= 15 is 0 Å². The minimum Gasteiger partial charge on any atom is -0.487 e. The Kier molecular flexibility index (Phi) is 2.60. The first-order valence-corrected chi connectivity index (χ1v) is 5.07. The van der Waals surface area contributed by atoms with Gasteiger partial charge in [0.05, 0.1) is 16.7 Å². The Morgan fingerprint density at radius 3 is 2.50 bits per heavy atom. The van der Waals surface area contributed by atoms with E-state index < -0.39 is 0 Å². The van der Waals surface area contributed by atoms with Gasteiger partial charge in [-0.15, -0.1) is 0 Å². The van der Waals surface area contributed by atoms with E-state index in [0.717, 1.165) is 6.61 Å². The van der Waals surface area contributed by atoms with Crippen molar-refractivity contribution < 1.29 is 9.47 Å². The maximum Gasteiger partial charge on any atom is 0.156 e. The fourth-order valence-electron chi connectivity index (χ4n) is 1.05. The van der Waals surface area contributed by atoms with Gasteiger partial charge < -0.3 is 9.47 Å². The highest BCUT2D eigenvalue weighted by molar-refractivity contribution is 6.37. The van der Waals surface area contributed by atoms with Crippen LogP contribution in [-0.2, 0) is 4.74 Å². The minimum atomic E-state index is -0.150. The standard InChI is InChI=1S/C10H10Cl2O2/c1-10(6-14-10)5-13-9-7(11)3-2-4-8(9)12/h2-4H,5-6H2,1H3. The molecule has 0 aliphatic carbocycles. The van der Waals surface area contributed by atoms with Gasteiger partial charge in [0.15, 0.2) is 5.75 Å². The summed E-state index contributed by atoms with van der Waals surface area (Å²) < 4.78 is 10.7. The monoisotopic (exact) mass is 232 g/mol. The molecule has 0 amide bonds. The highest BCUT2D eigenvalue weighted by Gasteiger charge is 2.40. The van der Waals surface area contributed by atoms with E-state index in [2.05, 4.69) is 0 Å². The number of hydrogen-bond acceptors (Lipinski definition) is 2. The van der Waals surface area contributed by atoms with Crippen molar-refractivity contribution in [2.45, 2.75) is 12.5 Å². The van der Waals surface area contributed by atoms with E-state index in [9.17, 15) is 0 Å². The minimum absolute atomic E-state index is 0.150. The van der Waals surface area contributed by atoms with Crippen LogP contribution in [0.1, 0.15) is 6.92 Å². The van der Waals surface area contributed by atoms with Gasteiger partial charge in [-0.25, -0.2) is 0 Å². The predicted molar refractivity (Wildman–Crippen MR) is 56.3 cm³/mol. The molecule has 1 fully saturated rings. The van der Waals surface area contributed by atoms with Crippen molar-refractivity contribution in [1.29, 1.82) is 0 Å². The summed E-state index contributed by atoms with van der Waals surface area (Å²) in [5.41, 5.74) is -0.150. The highest BCUT2D eigenvalue weighted by Crippen LogP contribution is 2.34. The Labute approximate surface area is 92.7 Å². The number of rotatable bonds is 3. The lowest BCUT2D eigenvalue weighted by Gasteiger charge is -2.11. The van der Waals surface area contributed by atoms with Crippen molar-refractivity contribution in [3.05, 3.63) is 28.2 Å². The van der Waals surface area contributed by atoms with Gasteiger partial charge in [0.25, 0.3) is 0 Å². The Morgan fingerprint density at radius 1 is 1.43 bits per heavy atom. The quantitative estimate of drug-likeness (QED) is 0.748. The zero-order valence-electron chi connectivity index (χ0n) is 7.72. The molecule has 0 spiro atoms. The number of epoxide rings is 1. The van der Waals surface area contributed by atoms with Crippen molar-refractivity contribution in [3.63, 3.8) is 0 Å². The average Bonchev–Trinajstić information content (AvgIpc) is 2.83. The fourth-order valence-corrected chi connectivity index (χ4v) is 1.56. The van der Waals surface area contributed by atoms with Crippen molar-refractivity contribution in [2.24, 2.45) is 0 Å². The van der Waals surface area contributed by atoms with Gasteiger partial charge in [-0.2, -0.15) is 0 Å². The lowest BCUT2D eigenvalue weighted by molar-refractivity contribution is 0.203. The van der Waals surface area contributed by atoms with Crippen LogP contribution in [0.5, 0.6) is 5.75 Å². The molecule has 0 N–H and O–H groups in total. The summed E-state index contributed by atoms with van der Waals surface area (Å²) in [7, 11) is 0. The zero-order chi connectivity index (χ0) is 10.2. The molecular formula is C10H10Cl2O2. The number of ether oxygens (including phenoxy) is 2. The normalized spacial score (nSPS) is 24.8. The second-order valence-electron chi connectivity index (χ2n) is 3.58. The molecule has 0 radical (unpaired) electrons. The third kappa shape index (κ3) is 2.14. The van der Waals surface area contributed by atoms with Gasteiger partial charge in [0.2, 0.25) is 0 Å². The molecule has 1 aromatic rings. The summed E-state index contributed by atoms with van der Waals surface area (Å²) in [5.74, 6) is 0.535. The van der Waals surface area contributed by atoms with Crippen molar-refractivity contribution in [3.8, 4) is 5.75 Å². The average molecular weight is 233 g/mol. The van der Waals surface area contributed by atoms with Crippen LogP contribution >= 0.6 is 23.2 Å². The van der Waals surface area contributed by atoms with Crippen LogP contribution in [0.15, 0.2) is 18.2 Å². The van der Waals surface area contributed by atoms with E-state index in [1.807, 2.05) is 6.92 Å². The zero-order valence-corrected chi connectivity index (χ0v) is 9.23. The van der Waals surface area contributed by atoms with Crippen molar-refractivity contribution >= 4 is 23.2 Å². The van der Waals surface area contributed by atoms with Crippen LogP contribution in [0.2, 0.25) is 10.0 Å². The Morgan fingerprint density at radius 2 is 2.00 bits per heavy atom. The molecule has 1 saturated heterocycles.